The fourth-order valence-electron chi connectivity index (χ4n) is 0.889. The molecule has 11 heavy (non-hydrogen) atoms. The van der Waals surface area contributed by atoms with E-state index in [1.54, 1.807) is 0 Å². The maximum atomic E-state index is 5.73. The van der Waals surface area contributed by atoms with E-state index in [9.17, 15) is 0 Å². The van der Waals surface area contributed by atoms with Crippen LogP contribution in [0.4, 0.5) is 0 Å². The topological polar surface area (TPSA) is 32.5 Å². The lowest BCUT2D eigenvalue weighted by atomic mass is 10.2. The monoisotopic (exact) mass is 159 g/mol. The zero-order valence-corrected chi connectivity index (χ0v) is 8.17. The number of hydrogen-bond acceptors (Lipinski definition) is 3. The van der Waals surface area contributed by atoms with E-state index < -0.39 is 0 Å². The van der Waals surface area contributed by atoms with Gasteiger partial charge >= 0.3 is 0 Å². The molecule has 0 aliphatic rings. The first kappa shape index (κ1) is 10.9. The Morgan fingerprint density at radius 1 is 1.18 bits per heavy atom. The summed E-state index contributed by atoms with van der Waals surface area (Å²) in [5.41, 5.74) is 0. The highest BCUT2D eigenvalue weighted by Crippen LogP contribution is 1.92. The standard InChI is InChI=1S/C8H21N3/c1-8(2)7-11(9)6-5-10(3)4/h8H,5-7,9H2,1-4H3. The SMILES string of the molecule is CC(C)CN(N)CCN(C)C. The maximum Gasteiger partial charge on any atom is 0.0256 e. The van der Waals surface area contributed by atoms with Gasteiger partial charge in [-0.25, -0.2) is 5.01 Å². The Balaban J connectivity index is 3.29. The number of nitrogens with two attached hydrogens (primary N) is 1. The van der Waals surface area contributed by atoms with E-state index >= 15 is 0 Å². The van der Waals surface area contributed by atoms with E-state index in [0.717, 1.165) is 19.6 Å². The molecule has 0 aromatic rings. The molecular weight excluding hydrogens is 138 g/mol. The molecule has 0 aromatic heterocycles. The summed E-state index contributed by atoms with van der Waals surface area (Å²) in [4.78, 5) is 2.14. The van der Waals surface area contributed by atoms with Crippen LogP contribution in [0.1, 0.15) is 13.8 Å². The van der Waals surface area contributed by atoms with Crippen molar-refractivity contribution in [2.45, 2.75) is 13.8 Å². The molecule has 0 radical (unpaired) electrons. The summed E-state index contributed by atoms with van der Waals surface area (Å²) in [5, 5.41) is 1.88. The zero-order valence-electron chi connectivity index (χ0n) is 8.17. The minimum absolute atomic E-state index is 0.655. The Hall–Kier alpha value is -0.120. The van der Waals surface area contributed by atoms with E-state index in [0.29, 0.717) is 5.92 Å². The summed E-state index contributed by atoms with van der Waals surface area (Å²) < 4.78 is 0. The van der Waals surface area contributed by atoms with Crippen LogP contribution in [-0.2, 0) is 0 Å². The summed E-state index contributed by atoms with van der Waals surface area (Å²) in [7, 11) is 4.12. The number of hydrogen-bond donors (Lipinski definition) is 1. The predicted molar refractivity (Wildman–Crippen MR) is 49.2 cm³/mol. The molecule has 0 saturated carbocycles. The van der Waals surface area contributed by atoms with Crippen LogP contribution < -0.4 is 5.84 Å². The van der Waals surface area contributed by atoms with Gasteiger partial charge in [0.2, 0.25) is 0 Å². The molecule has 0 heterocycles. The average molecular weight is 159 g/mol. The van der Waals surface area contributed by atoms with Crippen molar-refractivity contribution >= 4 is 0 Å². The van der Waals surface area contributed by atoms with Crippen LogP contribution in [0.3, 0.4) is 0 Å². The molecule has 0 aromatic carbocycles. The van der Waals surface area contributed by atoms with Crippen molar-refractivity contribution in [3.63, 3.8) is 0 Å². The Morgan fingerprint density at radius 2 is 1.73 bits per heavy atom. The first-order chi connectivity index (χ1) is 5.02. The molecule has 0 rings (SSSR count). The Kier molecular flexibility index (Phi) is 5.46. The third kappa shape index (κ3) is 7.78. The van der Waals surface area contributed by atoms with Crippen molar-refractivity contribution in [3.8, 4) is 0 Å². The smallest absolute Gasteiger partial charge is 0.0256 e. The van der Waals surface area contributed by atoms with Gasteiger partial charge in [0.25, 0.3) is 0 Å². The molecule has 2 N–H and O–H groups in total. The quantitative estimate of drug-likeness (QED) is 0.465. The summed E-state index contributed by atoms with van der Waals surface area (Å²) in [6.45, 7) is 7.31. The number of hydrazine groups is 1. The summed E-state index contributed by atoms with van der Waals surface area (Å²) >= 11 is 0. The fraction of sp³-hybridized carbons (Fsp3) is 1.00. The number of rotatable bonds is 5. The molecule has 0 fully saturated rings. The van der Waals surface area contributed by atoms with E-state index in [4.69, 9.17) is 5.84 Å². The van der Waals surface area contributed by atoms with Gasteiger partial charge in [-0.15, -0.1) is 0 Å². The van der Waals surface area contributed by atoms with Gasteiger partial charge in [0.15, 0.2) is 0 Å². The van der Waals surface area contributed by atoms with Crippen molar-refractivity contribution in [1.29, 1.82) is 0 Å². The highest BCUT2D eigenvalue weighted by Gasteiger charge is 2.01. The molecule has 0 bridgehead atoms. The van der Waals surface area contributed by atoms with Gasteiger partial charge in [-0.1, -0.05) is 13.8 Å². The fourth-order valence-corrected chi connectivity index (χ4v) is 0.889. The van der Waals surface area contributed by atoms with Crippen LogP contribution in [0, 0.1) is 5.92 Å². The second-order valence-corrected chi connectivity index (χ2v) is 3.69. The molecule has 0 unspecified atom stereocenters. The molecule has 68 valence electrons. The van der Waals surface area contributed by atoms with Crippen molar-refractivity contribution in [3.05, 3.63) is 0 Å². The van der Waals surface area contributed by atoms with Crippen LogP contribution in [0.15, 0.2) is 0 Å². The van der Waals surface area contributed by atoms with Gasteiger partial charge in [0.1, 0.15) is 0 Å². The van der Waals surface area contributed by atoms with Crippen molar-refractivity contribution in [2.75, 3.05) is 33.7 Å². The van der Waals surface area contributed by atoms with E-state index in [-0.39, 0.29) is 0 Å². The Labute approximate surface area is 70.1 Å². The molecule has 0 spiro atoms. The Bertz CT molecular complexity index is 91.3. The molecule has 0 aliphatic heterocycles. The summed E-state index contributed by atoms with van der Waals surface area (Å²) in [6, 6.07) is 0. The maximum absolute atomic E-state index is 5.73. The zero-order chi connectivity index (χ0) is 8.85. The molecular formula is C8H21N3. The highest BCUT2D eigenvalue weighted by atomic mass is 15.4. The lowest BCUT2D eigenvalue weighted by Gasteiger charge is -2.20. The molecule has 0 aliphatic carbocycles. The average Bonchev–Trinajstić information content (AvgIpc) is 1.82. The minimum atomic E-state index is 0.655. The first-order valence-corrected chi connectivity index (χ1v) is 4.16. The van der Waals surface area contributed by atoms with Gasteiger partial charge in [-0.05, 0) is 20.0 Å². The van der Waals surface area contributed by atoms with Gasteiger partial charge in [0.05, 0.1) is 0 Å². The lowest BCUT2D eigenvalue weighted by Crippen LogP contribution is -2.39. The third-order valence-corrected chi connectivity index (χ3v) is 1.43. The summed E-state index contributed by atoms with van der Waals surface area (Å²) in [6.07, 6.45) is 0. The second kappa shape index (κ2) is 5.52. The molecule has 0 amide bonds. The van der Waals surface area contributed by atoms with Gasteiger partial charge in [0, 0.05) is 19.6 Å². The van der Waals surface area contributed by atoms with Gasteiger partial charge < -0.3 is 4.90 Å². The lowest BCUT2D eigenvalue weighted by molar-refractivity contribution is 0.224. The van der Waals surface area contributed by atoms with E-state index in [2.05, 4.69) is 32.8 Å². The minimum Gasteiger partial charge on any atom is -0.308 e. The Morgan fingerprint density at radius 3 is 2.09 bits per heavy atom. The van der Waals surface area contributed by atoms with Crippen LogP contribution in [-0.4, -0.2) is 43.6 Å². The molecule has 0 atom stereocenters. The first-order valence-electron chi connectivity index (χ1n) is 4.16. The number of likely N-dealkylation sites (N-methyl/N-ethyl adjacent to an activating group) is 1. The van der Waals surface area contributed by atoms with Crippen LogP contribution >= 0.6 is 0 Å². The van der Waals surface area contributed by atoms with Gasteiger partial charge in [-0.3, -0.25) is 5.84 Å². The van der Waals surface area contributed by atoms with Crippen molar-refractivity contribution in [1.82, 2.24) is 9.91 Å². The highest BCUT2D eigenvalue weighted by molar-refractivity contribution is 4.54. The largest absolute Gasteiger partial charge is 0.308 e. The van der Waals surface area contributed by atoms with Crippen molar-refractivity contribution < 1.29 is 0 Å². The summed E-state index contributed by atoms with van der Waals surface area (Å²) in [5.74, 6) is 6.38. The molecule has 3 heteroatoms. The normalized spacial score (nSPS) is 12.0. The predicted octanol–water partition coefficient (Wildman–Crippen LogP) is 0.380. The second-order valence-electron chi connectivity index (χ2n) is 3.69. The number of nitrogens with zero attached hydrogens (tertiary/aromatic N) is 2. The van der Waals surface area contributed by atoms with Crippen LogP contribution in [0.25, 0.3) is 0 Å². The van der Waals surface area contributed by atoms with E-state index in [1.165, 1.54) is 0 Å². The van der Waals surface area contributed by atoms with Crippen molar-refractivity contribution in [2.24, 2.45) is 11.8 Å². The van der Waals surface area contributed by atoms with E-state index in [1.807, 2.05) is 5.01 Å². The van der Waals surface area contributed by atoms with Crippen LogP contribution in [0.5, 0.6) is 0 Å². The van der Waals surface area contributed by atoms with Crippen LogP contribution in [0.2, 0.25) is 0 Å². The molecule has 0 saturated heterocycles. The third-order valence-electron chi connectivity index (χ3n) is 1.43. The molecule has 3 nitrogen and oxygen atoms in total. The van der Waals surface area contributed by atoms with Gasteiger partial charge in [-0.2, -0.15) is 0 Å².